The Hall–Kier alpha value is -2.21. The fraction of sp³-hybridized carbons (Fsp3) is 0.500. The zero-order valence-electron chi connectivity index (χ0n) is 14.5. The quantitative estimate of drug-likeness (QED) is 0.809. The van der Waals surface area contributed by atoms with E-state index in [0.717, 1.165) is 0 Å². The van der Waals surface area contributed by atoms with E-state index in [0.29, 0.717) is 30.4 Å². The molecule has 0 saturated heterocycles. The molecule has 1 heterocycles. The van der Waals surface area contributed by atoms with Crippen molar-refractivity contribution < 1.29 is 9.90 Å². The highest BCUT2D eigenvalue weighted by molar-refractivity contribution is 5.77. The van der Waals surface area contributed by atoms with Crippen molar-refractivity contribution in [2.24, 2.45) is 5.41 Å². The SMILES string of the molecule is CC(O)CC(C)(C)CNC(=O)CCn1cnc2ccccc2c1=O. The predicted octanol–water partition coefficient (Wildman–Crippen LogP) is 1.70. The maximum atomic E-state index is 12.3. The van der Waals surface area contributed by atoms with E-state index < -0.39 is 6.10 Å². The van der Waals surface area contributed by atoms with Crippen molar-refractivity contribution in [3.05, 3.63) is 40.9 Å². The van der Waals surface area contributed by atoms with E-state index >= 15 is 0 Å². The zero-order valence-corrected chi connectivity index (χ0v) is 14.5. The van der Waals surface area contributed by atoms with E-state index in [2.05, 4.69) is 10.3 Å². The van der Waals surface area contributed by atoms with Crippen molar-refractivity contribution in [1.29, 1.82) is 0 Å². The summed E-state index contributed by atoms with van der Waals surface area (Å²) in [6.45, 7) is 6.51. The summed E-state index contributed by atoms with van der Waals surface area (Å²) in [5, 5.41) is 12.9. The third kappa shape index (κ3) is 4.89. The average molecular weight is 331 g/mol. The Morgan fingerprint density at radius 2 is 2.08 bits per heavy atom. The van der Waals surface area contributed by atoms with E-state index in [1.165, 1.54) is 10.9 Å². The molecule has 0 aliphatic heterocycles. The number of carbonyl (C=O) groups is 1. The molecule has 0 aliphatic rings. The molecule has 1 amide bonds. The first-order valence-corrected chi connectivity index (χ1v) is 8.17. The van der Waals surface area contributed by atoms with Crippen LogP contribution in [0.15, 0.2) is 35.4 Å². The number of hydrogen-bond donors (Lipinski definition) is 2. The number of nitrogens with zero attached hydrogens (tertiary/aromatic N) is 2. The molecule has 130 valence electrons. The minimum Gasteiger partial charge on any atom is -0.393 e. The average Bonchev–Trinajstić information content (AvgIpc) is 2.51. The number of hydrogen-bond acceptors (Lipinski definition) is 4. The highest BCUT2D eigenvalue weighted by Gasteiger charge is 2.21. The normalized spacial score (nSPS) is 13.0. The number of benzene rings is 1. The van der Waals surface area contributed by atoms with Gasteiger partial charge in [0.25, 0.3) is 5.56 Å². The van der Waals surface area contributed by atoms with Crippen LogP contribution < -0.4 is 10.9 Å². The highest BCUT2D eigenvalue weighted by Crippen LogP contribution is 2.21. The highest BCUT2D eigenvalue weighted by atomic mass is 16.3. The van der Waals surface area contributed by atoms with Crippen LogP contribution in [0.2, 0.25) is 0 Å². The van der Waals surface area contributed by atoms with Gasteiger partial charge >= 0.3 is 0 Å². The second kappa shape index (κ2) is 7.57. The number of para-hydroxylation sites is 1. The minimum atomic E-state index is -0.404. The molecular weight excluding hydrogens is 306 g/mol. The van der Waals surface area contributed by atoms with E-state index in [4.69, 9.17) is 0 Å². The van der Waals surface area contributed by atoms with Crippen LogP contribution in [0.1, 0.15) is 33.6 Å². The van der Waals surface area contributed by atoms with Crippen molar-refractivity contribution in [2.45, 2.75) is 46.3 Å². The van der Waals surface area contributed by atoms with Gasteiger partial charge in [0.05, 0.1) is 23.3 Å². The maximum absolute atomic E-state index is 12.3. The second-order valence-electron chi connectivity index (χ2n) is 7.00. The van der Waals surface area contributed by atoms with Crippen molar-refractivity contribution >= 4 is 16.8 Å². The number of aromatic nitrogens is 2. The Morgan fingerprint density at radius 3 is 2.79 bits per heavy atom. The van der Waals surface area contributed by atoms with Gasteiger partial charge in [0.1, 0.15) is 0 Å². The van der Waals surface area contributed by atoms with Gasteiger partial charge in [-0.25, -0.2) is 4.98 Å². The van der Waals surface area contributed by atoms with Crippen LogP contribution in [-0.2, 0) is 11.3 Å². The van der Waals surface area contributed by atoms with Gasteiger partial charge in [0.2, 0.25) is 5.91 Å². The van der Waals surface area contributed by atoms with Gasteiger partial charge in [0.15, 0.2) is 0 Å². The molecule has 1 aromatic carbocycles. The van der Waals surface area contributed by atoms with Crippen molar-refractivity contribution in [1.82, 2.24) is 14.9 Å². The molecule has 2 N–H and O–H groups in total. The largest absolute Gasteiger partial charge is 0.393 e. The summed E-state index contributed by atoms with van der Waals surface area (Å²) in [7, 11) is 0. The van der Waals surface area contributed by atoms with Gasteiger partial charge in [-0.05, 0) is 30.9 Å². The molecule has 0 fully saturated rings. The fourth-order valence-electron chi connectivity index (χ4n) is 2.79. The molecule has 0 radical (unpaired) electrons. The van der Waals surface area contributed by atoms with Crippen LogP contribution in [0.25, 0.3) is 10.9 Å². The topological polar surface area (TPSA) is 84.2 Å². The molecule has 2 aromatic rings. The van der Waals surface area contributed by atoms with Gasteiger partial charge < -0.3 is 10.4 Å². The van der Waals surface area contributed by atoms with Crippen LogP contribution in [0, 0.1) is 5.41 Å². The van der Waals surface area contributed by atoms with E-state index in [9.17, 15) is 14.7 Å². The molecular formula is C18H25N3O3. The van der Waals surface area contributed by atoms with E-state index in [1.54, 1.807) is 25.1 Å². The summed E-state index contributed by atoms with van der Waals surface area (Å²) >= 11 is 0. The Bertz CT molecular complexity index is 765. The minimum absolute atomic E-state index is 0.117. The molecule has 1 aromatic heterocycles. The monoisotopic (exact) mass is 331 g/mol. The first-order valence-electron chi connectivity index (χ1n) is 8.17. The van der Waals surface area contributed by atoms with E-state index in [1.807, 2.05) is 19.9 Å². The third-order valence-corrected chi connectivity index (χ3v) is 3.92. The lowest BCUT2D eigenvalue weighted by atomic mass is 9.87. The van der Waals surface area contributed by atoms with Gasteiger partial charge in [0, 0.05) is 19.5 Å². The van der Waals surface area contributed by atoms with Crippen molar-refractivity contribution in [3.63, 3.8) is 0 Å². The molecule has 1 atom stereocenters. The van der Waals surface area contributed by atoms with Crippen LogP contribution in [0.3, 0.4) is 0 Å². The van der Waals surface area contributed by atoms with Crippen LogP contribution in [-0.4, -0.2) is 33.2 Å². The summed E-state index contributed by atoms with van der Waals surface area (Å²) in [4.78, 5) is 28.6. The number of amides is 1. The molecule has 0 bridgehead atoms. The van der Waals surface area contributed by atoms with Crippen molar-refractivity contribution in [2.75, 3.05) is 6.54 Å². The molecule has 24 heavy (non-hydrogen) atoms. The maximum Gasteiger partial charge on any atom is 0.261 e. The van der Waals surface area contributed by atoms with Crippen molar-refractivity contribution in [3.8, 4) is 0 Å². The van der Waals surface area contributed by atoms with Crippen LogP contribution >= 0.6 is 0 Å². The second-order valence-corrected chi connectivity index (χ2v) is 7.00. The number of aliphatic hydroxyl groups is 1. The lowest BCUT2D eigenvalue weighted by Gasteiger charge is -2.26. The zero-order chi connectivity index (χ0) is 17.7. The summed E-state index contributed by atoms with van der Waals surface area (Å²) in [6.07, 6.45) is 1.90. The summed E-state index contributed by atoms with van der Waals surface area (Å²) in [5.41, 5.74) is 0.344. The Morgan fingerprint density at radius 1 is 1.38 bits per heavy atom. The standard InChI is InChI=1S/C18H25N3O3/c1-13(22)10-18(2,3)11-19-16(23)8-9-21-12-20-15-7-5-4-6-14(15)17(21)24/h4-7,12-13,22H,8-11H2,1-3H3,(H,19,23). The molecule has 6 nitrogen and oxygen atoms in total. The van der Waals surface area contributed by atoms with Gasteiger partial charge in [-0.2, -0.15) is 0 Å². The van der Waals surface area contributed by atoms with Crippen LogP contribution in [0.4, 0.5) is 0 Å². The molecule has 2 rings (SSSR count). The van der Waals surface area contributed by atoms with Gasteiger partial charge in [-0.15, -0.1) is 0 Å². The lowest BCUT2D eigenvalue weighted by Crippen LogP contribution is -2.36. The summed E-state index contributed by atoms with van der Waals surface area (Å²) in [6, 6.07) is 7.16. The summed E-state index contributed by atoms with van der Waals surface area (Å²) < 4.78 is 1.46. The number of fused-ring (bicyclic) bond motifs is 1. The number of carbonyl (C=O) groups excluding carboxylic acids is 1. The Balaban J connectivity index is 1.93. The number of rotatable bonds is 7. The Labute approximate surface area is 141 Å². The number of aryl methyl sites for hydroxylation is 1. The smallest absolute Gasteiger partial charge is 0.261 e. The molecule has 0 spiro atoms. The molecule has 0 saturated carbocycles. The molecule has 0 aliphatic carbocycles. The Kier molecular flexibility index (Phi) is 5.72. The number of aliphatic hydroxyl groups excluding tert-OH is 1. The fourth-order valence-corrected chi connectivity index (χ4v) is 2.79. The number of nitrogens with one attached hydrogen (secondary N) is 1. The molecule has 1 unspecified atom stereocenters. The first-order chi connectivity index (χ1) is 11.3. The van der Waals surface area contributed by atoms with Crippen LogP contribution in [0.5, 0.6) is 0 Å². The summed E-state index contributed by atoms with van der Waals surface area (Å²) in [5.74, 6) is -0.117. The third-order valence-electron chi connectivity index (χ3n) is 3.92. The molecule has 6 heteroatoms. The van der Waals surface area contributed by atoms with Gasteiger partial charge in [-0.3, -0.25) is 14.2 Å². The predicted molar refractivity (Wildman–Crippen MR) is 93.7 cm³/mol. The lowest BCUT2D eigenvalue weighted by molar-refractivity contribution is -0.121. The van der Waals surface area contributed by atoms with Gasteiger partial charge in [-0.1, -0.05) is 26.0 Å². The van der Waals surface area contributed by atoms with E-state index in [-0.39, 0.29) is 23.3 Å². The first kappa shape index (κ1) is 18.1.